The fourth-order valence-electron chi connectivity index (χ4n) is 1.12. The van der Waals surface area contributed by atoms with E-state index in [1.165, 1.54) is 18.2 Å². The van der Waals surface area contributed by atoms with E-state index in [2.05, 4.69) is 0 Å². The van der Waals surface area contributed by atoms with E-state index in [0.717, 1.165) is 11.3 Å². The van der Waals surface area contributed by atoms with Crippen LogP contribution in [-0.4, -0.2) is 8.42 Å². The van der Waals surface area contributed by atoms with Crippen molar-refractivity contribution < 1.29 is 12.8 Å². The lowest BCUT2D eigenvalue weighted by molar-refractivity contribution is 0.611. The highest BCUT2D eigenvalue weighted by Crippen LogP contribution is 2.32. The van der Waals surface area contributed by atoms with Crippen LogP contribution in [0, 0.1) is 5.82 Å². The maximum absolute atomic E-state index is 13.2. The Labute approximate surface area is 88.4 Å². The van der Waals surface area contributed by atoms with E-state index in [1.807, 2.05) is 0 Å². The monoisotopic (exact) mass is 250 g/mol. The Bertz CT molecular complexity index is 588. The summed E-state index contributed by atoms with van der Waals surface area (Å²) in [5.74, 6) is -0.431. The van der Waals surface area contributed by atoms with Gasteiger partial charge in [0.05, 0.1) is 4.70 Å². The van der Waals surface area contributed by atoms with Gasteiger partial charge < -0.3 is 0 Å². The van der Waals surface area contributed by atoms with E-state index in [1.54, 1.807) is 6.07 Å². The molecule has 1 heterocycles. The third-order valence-corrected chi connectivity index (χ3v) is 4.95. The molecule has 74 valence electrons. The average molecular weight is 251 g/mol. The minimum Gasteiger partial charge on any atom is -0.206 e. The molecule has 2 nitrogen and oxygen atoms in total. The van der Waals surface area contributed by atoms with Crippen molar-refractivity contribution in [3.05, 3.63) is 30.1 Å². The molecule has 0 aliphatic carbocycles. The molecule has 0 aliphatic rings. The summed E-state index contributed by atoms with van der Waals surface area (Å²) in [7, 11) is 1.39. The van der Waals surface area contributed by atoms with Gasteiger partial charge in [-0.2, -0.15) is 0 Å². The van der Waals surface area contributed by atoms with E-state index in [9.17, 15) is 12.8 Å². The molecule has 0 N–H and O–H groups in total. The largest absolute Gasteiger partial charge is 0.270 e. The van der Waals surface area contributed by atoms with Crippen LogP contribution in [-0.2, 0) is 9.05 Å². The Balaban J connectivity index is 2.81. The second-order valence-electron chi connectivity index (χ2n) is 2.66. The first-order valence-electron chi connectivity index (χ1n) is 3.61. The molecule has 0 bridgehead atoms. The van der Waals surface area contributed by atoms with Gasteiger partial charge in [-0.1, -0.05) is 12.1 Å². The van der Waals surface area contributed by atoms with Crippen LogP contribution in [0.4, 0.5) is 4.39 Å². The van der Waals surface area contributed by atoms with Crippen molar-refractivity contribution in [1.29, 1.82) is 0 Å². The van der Waals surface area contributed by atoms with Gasteiger partial charge in [-0.3, -0.25) is 0 Å². The number of halogens is 2. The predicted molar refractivity (Wildman–Crippen MR) is 54.8 cm³/mol. The number of benzene rings is 1. The number of thiophene rings is 1. The van der Waals surface area contributed by atoms with E-state index < -0.39 is 14.9 Å². The predicted octanol–water partition coefficient (Wildman–Crippen LogP) is 2.97. The molecule has 0 amide bonds. The van der Waals surface area contributed by atoms with Gasteiger partial charge in [-0.25, -0.2) is 12.8 Å². The minimum atomic E-state index is -3.76. The van der Waals surface area contributed by atoms with Gasteiger partial charge in [0.25, 0.3) is 9.05 Å². The van der Waals surface area contributed by atoms with E-state index >= 15 is 0 Å². The zero-order valence-electron chi connectivity index (χ0n) is 6.70. The van der Waals surface area contributed by atoms with Gasteiger partial charge in [0, 0.05) is 10.7 Å². The lowest BCUT2D eigenvalue weighted by Gasteiger charge is -1.87. The first kappa shape index (κ1) is 9.89. The number of hydrogen-bond acceptors (Lipinski definition) is 3. The fourth-order valence-corrected chi connectivity index (χ4v) is 3.25. The zero-order chi connectivity index (χ0) is 10.3. The quantitative estimate of drug-likeness (QED) is 0.730. The Morgan fingerprint density at radius 3 is 2.64 bits per heavy atom. The standard InChI is InChI=1S/C8H4ClFO2S2/c9-14(11,12)7-4-5-2-1-3-6(10)8(5)13-7/h1-4H. The lowest BCUT2D eigenvalue weighted by atomic mass is 10.3. The van der Waals surface area contributed by atoms with E-state index in [4.69, 9.17) is 10.7 Å². The maximum atomic E-state index is 13.2. The second kappa shape index (κ2) is 3.18. The highest BCUT2D eigenvalue weighted by Gasteiger charge is 2.15. The van der Waals surface area contributed by atoms with Crippen LogP contribution < -0.4 is 0 Å². The summed E-state index contributed by atoms with van der Waals surface area (Å²) in [6.07, 6.45) is 0. The summed E-state index contributed by atoms with van der Waals surface area (Å²) in [5, 5.41) is 0.550. The molecule has 2 aromatic rings. The second-order valence-corrected chi connectivity index (χ2v) is 6.51. The van der Waals surface area contributed by atoms with Crippen molar-refractivity contribution in [1.82, 2.24) is 0 Å². The van der Waals surface area contributed by atoms with E-state index in [0.29, 0.717) is 10.1 Å². The highest BCUT2D eigenvalue weighted by molar-refractivity contribution is 8.15. The molecule has 0 unspecified atom stereocenters. The lowest BCUT2D eigenvalue weighted by Crippen LogP contribution is -1.83. The molecule has 1 aromatic carbocycles. The average Bonchev–Trinajstić information content (AvgIpc) is 2.48. The number of hydrogen-bond donors (Lipinski definition) is 0. The van der Waals surface area contributed by atoms with Gasteiger partial charge in [-0.15, -0.1) is 11.3 Å². The molecule has 0 radical (unpaired) electrons. The van der Waals surface area contributed by atoms with Gasteiger partial charge in [0.15, 0.2) is 0 Å². The number of rotatable bonds is 1. The topological polar surface area (TPSA) is 34.1 Å². The zero-order valence-corrected chi connectivity index (χ0v) is 9.09. The summed E-state index contributed by atoms with van der Waals surface area (Å²) in [6, 6.07) is 5.81. The van der Waals surface area contributed by atoms with Crippen LogP contribution in [0.1, 0.15) is 0 Å². The summed E-state index contributed by atoms with van der Waals surface area (Å²) in [6.45, 7) is 0. The molecule has 0 atom stereocenters. The normalized spacial score (nSPS) is 12.1. The van der Waals surface area contributed by atoms with Gasteiger partial charge in [0.1, 0.15) is 10.0 Å². The molecule has 0 saturated heterocycles. The van der Waals surface area contributed by atoms with Crippen LogP contribution in [0.15, 0.2) is 28.5 Å². The Morgan fingerprint density at radius 1 is 1.36 bits per heavy atom. The Morgan fingerprint density at radius 2 is 2.07 bits per heavy atom. The highest BCUT2D eigenvalue weighted by atomic mass is 35.7. The Kier molecular flexibility index (Phi) is 2.25. The first-order valence-corrected chi connectivity index (χ1v) is 6.74. The van der Waals surface area contributed by atoms with Crippen LogP contribution in [0.3, 0.4) is 0 Å². The summed E-state index contributed by atoms with van der Waals surface area (Å²) >= 11 is 0.836. The Hall–Kier alpha value is -0.650. The molecule has 1 aromatic heterocycles. The third-order valence-electron chi connectivity index (χ3n) is 1.71. The van der Waals surface area contributed by atoms with Crippen LogP contribution in [0.5, 0.6) is 0 Å². The van der Waals surface area contributed by atoms with Crippen molar-refractivity contribution in [2.75, 3.05) is 0 Å². The van der Waals surface area contributed by atoms with Crippen molar-refractivity contribution in [3.63, 3.8) is 0 Å². The smallest absolute Gasteiger partial charge is 0.206 e. The van der Waals surface area contributed by atoms with Crippen molar-refractivity contribution in [2.24, 2.45) is 0 Å². The molecule has 0 fully saturated rings. The molecule has 0 saturated carbocycles. The van der Waals surface area contributed by atoms with Crippen molar-refractivity contribution in [2.45, 2.75) is 4.21 Å². The van der Waals surface area contributed by atoms with Crippen LogP contribution in [0.25, 0.3) is 10.1 Å². The summed E-state index contributed by atoms with van der Waals surface area (Å²) < 4.78 is 35.4. The molecular formula is C8H4ClFO2S2. The van der Waals surface area contributed by atoms with Crippen molar-refractivity contribution >= 4 is 41.2 Å². The molecule has 0 aliphatic heterocycles. The number of fused-ring (bicyclic) bond motifs is 1. The van der Waals surface area contributed by atoms with Gasteiger partial charge >= 0.3 is 0 Å². The first-order chi connectivity index (χ1) is 6.48. The molecule has 6 heteroatoms. The van der Waals surface area contributed by atoms with Crippen LogP contribution in [0.2, 0.25) is 0 Å². The fraction of sp³-hybridized carbons (Fsp3) is 0. The molecule has 0 spiro atoms. The van der Waals surface area contributed by atoms with Crippen molar-refractivity contribution in [3.8, 4) is 0 Å². The summed E-state index contributed by atoms with van der Waals surface area (Å²) in [5.41, 5.74) is 0. The molecular weight excluding hydrogens is 247 g/mol. The van der Waals surface area contributed by atoms with Gasteiger partial charge in [0.2, 0.25) is 0 Å². The maximum Gasteiger partial charge on any atom is 0.270 e. The van der Waals surface area contributed by atoms with Gasteiger partial charge in [-0.05, 0) is 17.5 Å². The third kappa shape index (κ3) is 1.63. The molecule has 14 heavy (non-hydrogen) atoms. The SMILES string of the molecule is O=S(=O)(Cl)c1cc2cccc(F)c2s1. The molecule has 2 rings (SSSR count). The van der Waals surface area contributed by atoms with E-state index in [-0.39, 0.29) is 4.21 Å². The minimum absolute atomic E-state index is 0.0285. The van der Waals surface area contributed by atoms with Crippen LogP contribution >= 0.6 is 22.0 Å². The summed E-state index contributed by atoms with van der Waals surface area (Å²) in [4.78, 5) is 0.